The summed E-state index contributed by atoms with van der Waals surface area (Å²) in [5.74, 6) is -0.448. The molecule has 1 rings (SSSR count). The highest BCUT2D eigenvalue weighted by Crippen LogP contribution is 2.21. The molecule has 0 saturated carbocycles. The number of aliphatic hydroxyl groups is 1. The van der Waals surface area contributed by atoms with Crippen molar-refractivity contribution >= 4 is 12.0 Å². The summed E-state index contributed by atoms with van der Waals surface area (Å²) in [5, 5.41) is 17.4. The zero-order valence-electron chi connectivity index (χ0n) is 8.30. The van der Waals surface area contributed by atoms with Crippen molar-refractivity contribution in [2.45, 2.75) is 6.61 Å². The molecule has 1 aromatic carbocycles. The zero-order chi connectivity index (χ0) is 11.3. The summed E-state index contributed by atoms with van der Waals surface area (Å²) in [7, 11) is 1.51. The SMILES string of the molecule is COc1ccc(CO)cc1C=CC(=O)O. The zero-order valence-corrected chi connectivity index (χ0v) is 8.30. The van der Waals surface area contributed by atoms with E-state index < -0.39 is 5.97 Å². The van der Waals surface area contributed by atoms with E-state index in [0.717, 1.165) is 6.08 Å². The second-order valence-corrected chi connectivity index (χ2v) is 2.91. The number of rotatable bonds is 4. The van der Waals surface area contributed by atoms with Gasteiger partial charge in [-0.2, -0.15) is 0 Å². The lowest BCUT2D eigenvalue weighted by Crippen LogP contribution is -1.91. The number of methoxy groups -OCH3 is 1. The van der Waals surface area contributed by atoms with E-state index in [2.05, 4.69) is 0 Å². The Balaban J connectivity index is 3.06. The van der Waals surface area contributed by atoms with Gasteiger partial charge in [-0.3, -0.25) is 0 Å². The standard InChI is InChI=1S/C11H12O4/c1-15-10-4-2-8(7-12)6-9(10)3-5-11(13)14/h2-6,12H,7H2,1H3,(H,13,14). The van der Waals surface area contributed by atoms with Crippen LogP contribution in [0, 0.1) is 0 Å². The van der Waals surface area contributed by atoms with E-state index >= 15 is 0 Å². The predicted molar refractivity (Wildman–Crippen MR) is 55.6 cm³/mol. The van der Waals surface area contributed by atoms with Gasteiger partial charge < -0.3 is 14.9 Å². The van der Waals surface area contributed by atoms with Crippen molar-refractivity contribution in [3.63, 3.8) is 0 Å². The largest absolute Gasteiger partial charge is 0.496 e. The Labute approximate surface area is 87.4 Å². The van der Waals surface area contributed by atoms with Gasteiger partial charge in [-0.25, -0.2) is 4.79 Å². The first-order valence-electron chi connectivity index (χ1n) is 4.36. The average Bonchev–Trinajstić information content (AvgIpc) is 2.25. The molecule has 0 aliphatic rings. The number of carboxylic acid groups (broad SMARTS) is 1. The molecule has 0 bridgehead atoms. The number of aliphatic hydroxyl groups excluding tert-OH is 1. The first kappa shape index (κ1) is 11.3. The van der Waals surface area contributed by atoms with Crippen LogP contribution < -0.4 is 4.74 Å². The Kier molecular flexibility index (Phi) is 3.88. The van der Waals surface area contributed by atoms with Gasteiger partial charge in [0, 0.05) is 11.6 Å². The van der Waals surface area contributed by atoms with Crippen molar-refractivity contribution in [2.24, 2.45) is 0 Å². The molecule has 0 atom stereocenters. The van der Waals surface area contributed by atoms with E-state index in [1.165, 1.54) is 13.2 Å². The summed E-state index contributed by atoms with van der Waals surface area (Å²) in [6.07, 6.45) is 2.46. The van der Waals surface area contributed by atoms with Crippen LogP contribution in [-0.2, 0) is 11.4 Å². The van der Waals surface area contributed by atoms with Gasteiger partial charge in [0.15, 0.2) is 0 Å². The van der Waals surface area contributed by atoms with E-state index in [1.807, 2.05) is 0 Å². The van der Waals surface area contributed by atoms with Crippen LogP contribution in [0.3, 0.4) is 0 Å². The average molecular weight is 208 g/mol. The number of benzene rings is 1. The van der Waals surface area contributed by atoms with Crippen LogP contribution in [0.15, 0.2) is 24.3 Å². The molecule has 0 aliphatic carbocycles. The van der Waals surface area contributed by atoms with Gasteiger partial charge in [0.1, 0.15) is 5.75 Å². The molecule has 0 fully saturated rings. The van der Waals surface area contributed by atoms with Gasteiger partial charge in [-0.05, 0) is 23.8 Å². The maximum absolute atomic E-state index is 10.3. The third-order valence-electron chi connectivity index (χ3n) is 1.88. The molecule has 0 amide bonds. The summed E-state index contributed by atoms with van der Waals surface area (Å²) in [4.78, 5) is 10.3. The lowest BCUT2D eigenvalue weighted by Gasteiger charge is -2.05. The van der Waals surface area contributed by atoms with Gasteiger partial charge in [-0.1, -0.05) is 6.07 Å². The molecule has 1 aromatic rings. The number of hydrogen-bond acceptors (Lipinski definition) is 3. The van der Waals surface area contributed by atoms with Crippen LogP contribution in [0.2, 0.25) is 0 Å². The molecule has 0 unspecified atom stereocenters. The summed E-state index contributed by atoms with van der Waals surface area (Å²) < 4.78 is 5.05. The Morgan fingerprint density at radius 3 is 2.80 bits per heavy atom. The fraction of sp³-hybridized carbons (Fsp3) is 0.182. The molecule has 0 heterocycles. The van der Waals surface area contributed by atoms with Gasteiger partial charge in [-0.15, -0.1) is 0 Å². The Bertz CT molecular complexity index is 382. The first-order chi connectivity index (χ1) is 7.17. The van der Waals surface area contributed by atoms with Crippen molar-refractivity contribution in [3.8, 4) is 5.75 Å². The molecular weight excluding hydrogens is 196 g/mol. The lowest BCUT2D eigenvalue weighted by molar-refractivity contribution is -0.131. The first-order valence-corrected chi connectivity index (χ1v) is 4.36. The molecule has 0 aliphatic heterocycles. The number of aliphatic carboxylic acids is 1. The Morgan fingerprint density at radius 2 is 2.27 bits per heavy atom. The van der Waals surface area contributed by atoms with Crippen LogP contribution in [-0.4, -0.2) is 23.3 Å². The molecule has 0 radical (unpaired) electrons. The molecule has 80 valence electrons. The minimum atomic E-state index is -1.02. The number of carbonyl (C=O) groups is 1. The monoisotopic (exact) mass is 208 g/mol. The Hall–Kier alpha value is -1.81. The lowest BCUT2D eigenvalue weighted by atomic mass is 10.1. The Morgan fingerprint density at radius 1 is 1.53 bits per heavy atom. The van der Waals surface area contributed by atoms with Crippen molar-refractivity contribution in [2.75, 3.05) is 7.11 Å². The molecule has 0 aromatic heterocycles. The van der Waals surface area contributed by atoms with Gasteiger partial charge in [0.05, 0.1) is 13.7 Å². The molecule has 0 spiro atoms. The number of carboxylic acids is 1. The second-order valence-electron chi connectivity index (χ2n) is 2.91. The minimum absolute atomic E-state index is 0.0854. The topological polar surface area (TPSA) is 66.8 Å². The summed E-state index contributed by atoms with van der Waals surface area (Å²) >= 11 is 0. The molecule has 4 heteroatoms. The third-order valence-corrected chi connectivity index (χ3v) is 1.88. The normalized spacial score (nSPS) is 10.5. The van der Waals surface area contributed by atoms with Gasteiger partial charge >= 0.3 is 5.97 Å². The van der Waals surface area contributed by atoms with Gasteiger partial charge in [0.25, 0.3) is 0 Å². The van der Waals surface area contributed by atoms with E-state index in [1.54, 1.807) is 18.2 Å². The number of ether oxygens (including phenoxy) is 1. The fourth-order valence-electron chi connectivity index (χ4n) is 1.17. The van der Waals surface area contributed by atoms with Crippen LogP contribution in [0.1, 0.15) is 11.1 Å². The van der Waals surface area contributed by atoms with Crippen molar-refractivity contribution in [3.05, 3.63) is 35.4 Å². The second kappa shape index (κ2) is 5.17. The van der Waals surface area contributed by atoms with Crippen LogP contribution >= 0.6 is 0 Å². The van der Waals surface area contributed by atoms with Crippen molar-refractivity contribution in [1.29, 1.82) is 0 Å². The molecule has 0 saturated heterocycles. The quantitative estimate of drug-likeness (QED) is 0.731. The smallest absolute Gasteiger partial charge is 0.328 e. The van der Waals surface area contributed by atoms with Crippen molar-refractivity contribution in [1.82, 2.24) is 0 Å². The highest BCUT2D eigenvalue weighted by molar-refractivity contribution is 5.85. The van der Waals surface area contributed by atoms with E-state index in [4.69, 9.17) is 14.9 Å². The third kappa shape index (κ3) is 3.11. The van der Waals surface area contributed by atoms with Crippen LogP contribution in [0.25, 0.3) is 6.08 Å². The van der Waals surface area contributed by atoms with E-state index in [9.17, 15) is 4.79 Å². The highest BCUT2D eigenvalue weighted by Gasteiger charge is 2.01. The summed E-state index contributed by atoms with van der Waals surface area (Å²) in [6.45, 7) is -0.0854. The van der Waals surface area contributed by atoms with Gasteiger partial charge in [0.2, 0.25) is 0 Å². The maximum atomic E-state index is 10.3. The van der Waals surface area contributed by atoms with E-state index in [-0.39, 0.29) is 6.61 Å². The van der Waals surface area contributed by atoms with E-state index in [0.29, 0.717) is 16.9 Å². The summed E-state index contributed by atoms with van der Waals surface area (Å²) in [5.41, 5.74) is 1.34. The predicted octanol–water partition coefficient (Wildman–Crippen LogP) is 1.29. The highest BCUT2D eigenvalue weighted by atomic mass is 16.5. The fourth-order valence-corrected chi connectivity index (χ4v) is 1.17. The van der Waals surface area contributed by atoms with Crippen LogP contribution in [0.4, 0.5) is 0 Å². The molecule has 15 heavy (non-hydrogen) atoms. The number of hydrogen-bond donors (Lipinski definition) is 2. The molecule has 4 nitrogen and oxygen atoms in total. The maximum Gasteiger partial charge on any atom is 0.328 e. The van der Waals surface area contributed by atoms with Crippen LogP contribution in [0.5, 0.6) is 5.75 Å². The summed E-state index contributed by atoms with van der Waals surface area (Å²) in [6, 6.07) is 5.09. The minimum Gasteiger partial charge on any atom is -0.496 e. The van der Waals surface area contributed by atoms with Crippen molar-refractivity contribution < 1.29 is 19.7 Å². The molecular formula is C11H12O4. The molecule has 2 N–H and O–H groups in total.